The molecule has 0 aromatic rings. The van der Waals surface area contributed by atoms with Crippen molar-refractivity contribution in [2.45, 2.75) is 104 Å². The first-order valence-corrected chi connectivity index (χ1v) is 9.15. The lowest BCUT2D eigenvalue weighted by molar-refractivity contribution is -0.114. The number of hydrogen-bond acceptors (Lipinski definition) is 1. The van der Waals surface area contributed by atoms with Crippen LogP contribution in [0.2, 0.25) is 0 Å². The summed E-state index contributed by atoms with van der Waals surface area (Å²) in [6, 6.07) is 0. The highest BCUT2D eigenvalue weighted by atomic mass is 16.1. The van der Waals surface area contributed by atoms with Crippen LogP contribution in [0.5, 0.6) is 0 Å². The third-order valence-electron chi connectivity index (χ3n) is 4.15. The molecule has 2 heteroatoms. The van der Waals surface area contributed by atoms with Crippen molar-refractivity contribution < 1.29 is 4.79 Å². The SMILES string of the molecule is CCCCCCCCCCCCCCC/C=C(\C)C(N)=O. The number of primary amides is 1. The summed E-state index contributed by atoms with van der Waals surface area (Å²) in [5.41, 5.74) is 5.89. The van der Waals surface area contributed by atoms with Gasteiger partial charge in [0.2, 0.25) is 5.91 Å². The summed E-state index contributed by atoms with van der Waals surface area (Å²) < 4.78 is 0. The molecule has 0 aliphatic heterocycles. The van der Waals surface area contributed by atoms with E-state index in [9.17, 15) is 4.79 Å². The number of allylic oxidation sites excluding steroid dienone is 1. The molecule has 0 aromatic carbocycles. The molecule has 0 unspecified atom stereocenters. The van der Waals surface area contributed by atoms with Gasteiger partial charge in [0.15, 0.2) is 0 Å². The van der Waals surface area contributed by atoms with Crippen LogP contribution in [0.15, 0.2) is 11.6 Å². The molecule has 124 valence electrons. The van der Waals surface area contributed by atoms with Gasteiger partial charge in [-0.15, -0.1) is 0 Å². The van der Waals surface area contributed by atoms with Crippen molar-refractivity contribution >= 4 is 5.91 Å². The highest BCUT2D eigenvalue weighted by Crippen LogP contribution is 2.13. The summed E-state index contributed by atoms with van der Waals surface area (Å²) in [6.07, 6.45) is 20.8. The Balaban J connectivity index is 3.12. The molecule has 2 nitrogen and oxygen atoms in total. The number of nitrogens with two attached hydrogens (primary N) is 1. The highest BCUT2D eigenvalue weighted by Gasteiger charge is 1.96. The Morgan fingerprint density at radius 3 is 1.52 bits per heavy atom. The van der Waals surface area contributed by atoms with Crippen LogP contribution in [0.1, 0.15) is 104 Å². The zero-order chi connectivity index (χ0) is 15.8. The molecule has 0 rings (SSSR count). The van der Waals surface area contributed by atoms with Crippen molar-refractivity contribution in [1.29, 1.82) is 0 Å². The lowest BCUT2D eigenvalue weighted by Crippen LogP contribution is -2.11. The zero-order valence-electron chi connectivity index (χ0n) is 14.5. The summed E-state index contributed by atoms with van der Waals surface area (Å²) >= 11 is 0. The minimum Gasteiger partial charge on any atom is -0.366 e. The standard InChI is InChI=1S/C19H37NO/c1-3-4-5-6-7-8-9-10-11-12-13-14-15-16-17-18(2)19(20)21/h17H,3-16H2,1-2H3,(H2,20,21)/b18-17+. The molecule has 0 atom stereocenters. The Labute approximate surface area is 132 Å². The fourth-order valence-electron chi connectivity index (χ4n) is 2.58. The first kappa shape index (κ1) is 20.2. The maximum absolute atomic E-state index is 10.8. The Hall–Kier alpha value is -0.790. The van der Waals surface area contributed by atoms with E-state index in [1.165, 1.54) is 83.5 Å². The first-order chi connectivity index (χ1) is 10.2. The molecule has 0 aromatic heterocycles. The number of amides is 1. The monoisotopic (exact) mass is 295 g/mol. The van der Waals surface area contributed by atoms with Crippen LogP contribution in [-0.2, 0) is 4.79 Å². The average Bonchev–Trinajstić information content (AvgIpc) is 2.47. The first-order valence-electron chi connectivity index (χ1n) is 9.15. The van der Waals surface area contributed by atoms with Gasteiger partial charge in [-0.1, -0.05) is 90.0 Å². The molecule has 0 aliphatic rings. The van der Waals surface area contributed by atoms with Gasteiger partial charge in [0.05, 0.1) is 0 Å². The van der Waals surface area contributed by atoms with Crippen LogP contribution >= 0.6 is 0 Å². The molecule has 0 radical (unpaired) electrons. The van der Waals surface area contributed by atoms with Crippen LogP contribution < -0.4 is 5.73 Å². The number of carbonyl (C=O) groups is 1. The maximum Gasteiger partial charge on any atom is 0.244 e. The van der Waals surface area contributed by atoms with E-state index < -0.39 is 0 Å². The average molecular weight is 296 g/mol. The molecule has 0 aliphatic carbocycles. The molecule has 0 bridgehead atoms. The van der Waals surface area contributed by atoms with Gasteiger partial charge >= 0.3 is 0 Å². The lowest BCUT2D eigenvalue weighted by atomic mass is 10.0. The van der Waals surface area contributed by atoms with Crippen LogP contribution in [0, 0.1) is 0 Å². The Bertz CT molecular complexity index is 271. The minimum atomic E-state index is -0.287. The second-order valence-electron chi connectivity index (χ2n) is 6.28. The molecule has 0 heterocycles. The molecular formula is C19H37NO. The summed E-state index contributed by atoms with van der Waals surface area (Å²) in [7, 11) is 0. The minimum absolute atomic E-state index is 0.287. The van der Waals surface area contributed by atoms with E-state index in [4.69, 9.17) is 5.73 Å². The van der Waals surface area contributed by atoms with Gasteiger partial charge in [-0.2, -0.15) is 0 Å². The second-order valence-corrected chi connectivity index (χ2v) is 6.28. The quantitative estimate of drug-likeness (QED) is 0.296. The molecule has 2 N–H and O–H groups in total. The largest absolute Gasteiger partial charge is 0.366 e. The van der Waals surface area contributed by atoms with E-state index in [1.54, 1.807) is 6.92 Å². The van der Waals surface area contributed by atoms with Crippen LogP contribution in [0.3, 0.4) is 0 Å². The summed E-state index contributed by atoms with van der Waals surface area (Å²) in [6.45, 7) is 4.07. The Morgan fingerprint density at radius 2 is 1.14 bits per heavy atom. The Kier molecular flexibility index (Phi) is 15.0. The molecule has 0 fully saturated rings. The number of carbonyl (C=O) groups excluding carboxylic acids is 1. The zero-order valence-corrected chi connectivity index (χ0v) is 14.5. The van der Waals surface area contributed by atoms with Crippen LogP contribution in [0.4, 0.5) is 0 Å². The van der Waals surface area contributed by atoms with Crippen LogP contribution in [0.25, 0.3) is 0 Å². The third-order valence-corrected chi connectivity index (χ3v) is 4.15. The molecule has 0 spiro atoms. The predicted octanol–water partition coefficient (Wildman–Crippen LogP) is 5.90. The van der Waals surface area contributed by atoms with E-state index in [-0.39, 0.29) is 5.91 Å². The molecule has 0 saturated carbocycles. The predicted molar refractivity (Wildman–Crippen MR) is 93.3 cm³/mol. The van der Waals surface area contributed by atoms with Crippen molar-refractivity contribution in [3.63, 3.8) is 0 Å². The lowest BCUT2D eigenvalue weighted by Gasteiger charge is -2.02. The van der Waals surface area contributed by atoms with Gasteiger partial charge in [-0.25, -0.2) is 0 Å². The molecule has 0 saturated heterocycles. The Morgan fingerprint density at radius 1 is 0.762 bits per heavy atom. The van der Waals surface area contributed by atoms with E-state index in [1.807, 2.05) is 6.08 Å². The van der Waals surface area contributed by atoms with E-state index in [0.29, 0.717) is 5.57 Å². The highest BCUT2D eigenvalue weighted by molar-refractivity contribution is 5.91. The number of hydrogen-bond donors (Lipinski definition) is 1. The maximum atomic E-state index is 10.8. The van der Waals surface area contributed by atoms with Gasteiger partial charge in [-0.05, 0) is 19.8 Å². The van der Waals surface area contributed by atoms with Gasteiger partial charge in [-0.3, -0.25) is 4.79 Å². The van der Waals surface area contributed by atoms with Crippen molar-refractivity contribution in [3.05, 3.63) is 11.6 Å². The second kappa shape index (κ2) is 15.6. The molecular weight excluding hydrogens is 258 g/mol. The fourth-order valence-corrected chi connectivity index (χ4v) is 2.58. The summed E-state index contributed by atoms with van der Waals surface area (Å²) in [5, 5.41) is 0. The van der Waals surface area contributed by atoms with Crippen molar-refractivity contribution in [3.8, 4) is 0 Å². The van der Waals surface area contributed by atoms with E-state index in [2.05, 4.69) is 6.92 Å². The van der Waals surface area contributed by atoms with E-state index >= 15 is 0 Å². The van der Waals surface area contributed by atoms with Gasteiger partial charge in [0.1, 0.15) is 0 Å². The summed E-state index contributed by atoms with van der Waals surface area (Å²) in [5.74, 6) is -0.287. The van der Waals surface area contributed by atoms with Gasteiger partial charge < -0.3 is 5.73 Å². The normalized spacial score (nSPS) is 11.8. The fraction of sp³-hybridized carbons (Fsp3) is 0.842. The van der Waals surface area contributed by atoms with Gasteiger partial charge in [0.25, 0.3) is 0 Å². The third kappa shape index (κ3) is 15.4. The molecule has 21 heavy (non-hydrogen) atoms. The van der Waals surface area contributed by atoms with Crippen molar-refractivity contribution in [2.75, 3.05) is 0 Å². The summed E-state index contributed by atoms with van der Waals surface area (Å²) in [4.78, 5) is 10.8. The van der Waals surface area contributed by atoms with Gasteiger partial charge in [0, 0.05) is 5.57 Å². The number of rotatable bonds is 15. The number of unbranched alkanes of at least 4 members (excludes halogenated alkanes) is 13. The van der Waals surface area contributed by atoms with Crippen molar-refractivity contribution in [2.24, 2.45) is 5.73 Å². The molecule has 1 amide bonds. The van der Waals surface area contributed by atoms with Crippen molar-refractivity contribution in [1.82, 2.24) is 0 Å². The van der Waals surface area contributed by atoms with Crippen LogP contribution in [-0.4, -0.2) is 5.91 Å². The topological polar surface area (TPSA) is 43.1 Å². The van der Waals surface area contributed by atoms with E-state index in [0.717, 1.165) is 6.42 Å². The smallest absolute Gasteiger partial charge is 0.244 e.